The van der Waals surface area contributed by atoms with Crippen LogP contribution in [0, 0.1) is 0 Å². The van der Waals surface area contributed by atoms with Crippen molar-refractivity contribution < 1.29 is 9.59 Å². The monoisotopic (exact) mass is 289 g/mol. The molecule has 1 fully saturated rings. The van der Waals surface area contributed by atoms with Crippen LogP contribution in [0.4, 0.5) is 5.69 Å². The predicted molar refractivity (Wildman–Crippen MR) is 83.1 cm³/mol. The fraction of sp³-hybridized carbons (Fsp3) is 0.500. The summed E-state index contributed by atoms with van der Waals surface area (Å²) in [7, 11) is 1.64. The molecule has 1 heterocycles. The van der Waals surface area contributed by atoms with Gasteiger partial charge >= 0.3 is 0 Å². The van der Waals surface area contributed by atoms with E-state index in [4.69, 9.17) is 0 Å². The van der Waals surface area contributed by atoms with Crippen LogP contribution in [0.5, 0.6) is 0 Å². The Balaban J connectivity index is 1.84. The van der Waals surface area contributed by atoms with Gasteiger partial charge in [-0.2, -0.15) is 0 Å². The van der Waals surface area contributed by atoms with Gasteiger partial charge in [-0.1, -0.05) is 12.1 Å². The van der Waals surface area contributed by atoms with E-state index in [1.807, 2.05) is 29.2 Å². The Morgan fingerprint density at radius 1 is 1.19 bits per heavy atom. The molecule has 5 nitrogen and oxygen atoms in total. The number of amides is 2. The molecule has 21 heavy (non-hydrogen) atoms. The first-order valence-electron chi connectivity index (χ1n) is 7.40. The molecule has 1 aromatic rings. The van der Waals surface area contributed by atoms with Crippen molar-refractivity contribution in [3.8, 4) is 0 Å². The van der Waals surface area contributed by atoms with E-state index in [1.165, 1.54) is 0 Å². The van der Waals surface area contributed by atoms with Crippen LogP contribution in [-0.2, 0) is 16.0 Å². The number of benzene rings is 1. The van der Waals surface area contributed by atoms with Crippen molar-refractivity contribution in [1.29, 1.82) is 0 Å². The van der Waals surface area contributed by atoms with Crippen LogP contribution in [-0.4, -0.2) is 42.9 Å². The lowest BCUT2D eigenvalue weighted by Gasteiger charge is -2.32. The molecule has 5 heteroatoms. The van der Waals surface area contributed by atoms with Crippen molar-refractivity contribution in [3.63, 3.8) is 0 Å². The van der Waals surface area contributed by atoms with Crippen LogP contribution in [0.1, 0.15) is 25.3 Å². The summed E-state index contributed by atoms with van der Waals surface area (Å²) in [6.45, 7) is 3.27. The van der Waals surface area contributed by atoms with Gasteiger partial charge in [-0.25, -0.2) is 0 Å². The van der Waals surface area contributed by atoms with Gasteiger partial charge in [-0.3, -0.25) is 9.59 Å². The molecule has 1 aromatic carbocycles. The molecule has 2 N–H and O–H groups in total. The minimum absolute atomic E-state index is 0.0207. The van der Waals surface area contributed by atoms with E-state index < -0.39 is 0 Å². The summed E-state index contributed by atoms with van der Waals surface area (Å²) in [4.78, 5) is 24.5. The van der Waals surface area contributed by atoms with Crippen molar-refractivity contribution in [2.45, 2.75) is 32.2 Å². The number of anilines is 1. The number of nitrogens with zero attached hydrogens (tertiary/aromatic N) is 1. The van der Waals surface area contributed by atoms with Crippen molar-refractivity contribution in [2.75, 3.05) is 25.5 Å². The average molecular weight is 289 g/mol. The van der Waals surface area contributed by atoms with Crippen LogP contribution in [0.2, 0.25) is 0 Å². The number of piperidine rings is 1. The Kier molecular flexibility index (Phi) is 5.20. The van der Waals surface area contributed by atoms with Crippen LogP contribution >= 0.6 is 0 Å². The van der Waals surface area contributed by atoms with Gasteiger partial charge in [0, 0.05) is 38.8 Å². The minimum Gasteiger partial charge on any atom is -0.382 e. The van der Waals surface area contributed by atoms with Gasteiger partial charge in [0.15, 0.2) is 0 Å². The highest BCUT2D eigenvalue weighted by molar-refractivity contribution is 5.78. The minimum atomic E-state index is 0.0207. The lowest BCUT2D eigenvalue weighted by molar-refractivity contribution is -0.129. The smallest absolute Gasteiger partial charge is 0.224 e. The topological polar surface area (TPSA) is 61.4 Å². The summed E-state index contributed by atoms with van der Waals surface area (Å²) in [6, 6.07) is 8.38. The molecule has 0 bridgehead atoms. The second kappa shape index (κ2) is 7.11. The molecule has 1 aliphatic rings. The quantitative estimate of drug-likeness (QED) is 0.881. The van der Waals surface area contributed by atoms with E-state index >= 15 is 0 Å². The maximum Gasteiger partial charge on any atom is 0.224 e. The molecule has 0 radical (unpaired) electrons. The Morgan fingerprint density at radius 2 is 1.81 bits per heavy atom. The summed E-state index contributed by atoms with van der Waals surface area (Å²) in [5.41, 5.74) is 2.07. The SMILES string of the molecule is CNC(=O)Cc1ccc(NC2CCN(C(C)=O)CC2)cc1. The number of hydrogen-bond donors (Lipinski definition) is 2. The van der Waals surface area contributed by atoms with Crippen molar-refractivity contribution in [1.82, 2.24) is 10.2 Å². The molecule has 1 aliphatic heterocycles. The number of likely N-dealkylation sites (tertiary alicyclic amines) is 1. The first-order chi connectivity index (χ1) is 10.1. The fourth-order valence-electron chi connectivity index (χ4n) is 2.57. The molecule has 0 unspecified atom stereocenters. The number of carbonyl (C=O) groups excluding carboxylic acids is 2. The van der Waals surface area contributed by atoms with E-state index in [0.29, 0.717) is 12.5 Å². The third kappa shape index (κ3) is 4.48. The number of hydrogen-bond acceptors (Lipinski definition) is 3. The summed E-state index contributed by atoms with van der Waals surface area (Å²) in [5, 5.41) is 6.12. The second-order valence-corrected chi connectivity index (χ2v) is 5.47. The van der Waals surface area contributed by atoms with Gasteiger partial charge in [0.1, 0.15) is 0 Å². The molecule has 0 aliphatic carbocycles. The second-order valence-electron chi connectivity index (χ2n) is 5.47. The highest BCUT2D eigenvalue weighted by Crippen LogP contribution is 2.17. The molecule has 1 saturated heterocycles. The van der Waals surface area contributed by atoms with Crippen molar-refractivity contribution >= 4 is 17.5 Å². The van der Waals surface area contributed by atoms with Gasteiger partial charge in [0.25, 0.3) is 0 Å². The number of nitrogens with one attached hydrogen (secondary N) is 2. The van der Waals surface area contributed by atoms with E-state index in [9.17, 15) is 9.59 Å². The molecule has 0 atom stereocenters. The summed E-state index contributed by atoms with van der Waals surface area (Å²) >= 11 is 0. The van der Waals surface area contributed by atoms with Crippen LogP contribution in [0.25, 0.3) is 0 Å². The summed E-state index contributed by atoms with van der Waals surface area (Å²) in [6.07, 6.45) is 2.35. The molecular weight excluding hydrogens is 266 g/mol. The average Bonchev–Trinajstić information content (AvgIpc) is 2.49. The van der Waals surface area contributed by atoms with Crippen LogP contribution in [0.3, 0.4) is 0 Å². The van der Waals surface area contributed by atoms with E-state index in [1.54, 1.807) is 14.0 Å². The van der Waals surface area contributed by atoms with Gasteiger partial charge in [0.2, 0.25) is 11.8 Å². The standard InChI is InChI=1S/C16H23N3O2/c1-12(20)19-9-7-15(8-10-19)18-14-5-3-13(4-6-14)11-16(21)17-2/h3-6,15,18H,7-11H2,1-2H3,(H,17,21). The predicted octanol–water partition coefficient (Wildman–Crippen LogP) is 1.40. The fourth-order valence-corrected chi connectivity index (χ4v) is 2.57. The zero-order valence-electron chi connectivity index (χ0n) is 12.7. The normalized spacial score (nSPS) is 15.6. The summed E-state index contributed by atoms with van der Waals surface area (Å²) in [5.74, 6) is 0.180. The first kappa shape index (κ1) is 15.4. The molecule has 2 rings (SSSR count). The third-order valence-corrected chi connectivity index (χ3v) is 3.91. The molecule has 0 aromatic heterocycles. The van der Waals surface area contributed by atoms with E-state index in [2.05, 4.69) is 10.6 Å². The number of likely N-dealkylation sites (N-methyl/N-ethyl adjacent to an activating group) is 1. The Hall–Kier alpha value is -2.04. The van der Waals surface area contributed by atoms with Gasteiger partial charge in [-0.15, -0.1) is 0 Å². The van der Waals surface area contributed by atoms with Gasteiger partial charge in [0.05, 0.1) is 6.42 Å². The third-order valence-electron chi connectivity index (χ3n) is 3.91. The zero-order valence-corrected chi connectivity index (χ0v) is 12.7. The Morgan fingerprint density at radius 3 is 2.33 bits per heavy atom. The molecule has 2 amide bonds. The van der Waals surface area contributed by atoms with E-state index in [-0.39, 0.29) is 11.8 Å². The maximum absolute atomic E-state index is 11.3. The molecular formula is C16H23N3O2. The largest absolute Gasteiger partial charge is 0.382 e. The van der Waals surface area contributed by atoms with E-state index in [0.717, 1.165) is 37.2 Å². The molecule has 114 valence electrons. The highest BCUT2D eigenvalue weighted by Gasteiger charge is 2.20. The number of rotatable bonds is 4. The Bertz CT molecular complexity index is 491. The number of carbonyl (C=O) groups is 2. The van der Waals surface area contributed by atoms with Crippen LogP contribution < -0.4 is 10.6 Å². The summed E-state index contributed by atoms with van der Waals surface area (Å²) < 4.78 is 0. The molecule has 0 spiro atoms. The highest BCUT2D eigenvalue weighted by atomic mass is 16.2. The zero-order chi connectivity index (χ0) is 15.2. The van der Waals surface area contributed by atoms with Gasteiger partial charge in [-0.05, 0) is 30.5 Å². The first-order valence-corrected chi connectivity index (χ1v) is 7.40. The van der Waals surface area contributed by atoms with Crippen molar-refractivity contribution in [3.05, 3.63) is 29.8 Å². The lowest BCUT2D eigenvalue weighted by Crippen LogP contribution is -2.41. The van der Waals surface area contributed by atoms with Crippen LogP contribution in [0.15, 0.2) is 24.3 Å². The Labute approximate surface area is 125 Å². The lowest BCUT2D eigenvalue weighted by atomic mass is 10.0. The van der Waals surface area contributed by atoms with Crippen molar-refractivity contribution in [2.24, 2.45) is 0 Å². The maximum atomic E-state index is 11.3. The molecule has 0 saturated carbocycles. The van der Waals surface area contributed by atoms with Gasteiger partial charge < -0.3 is 15.5 Å².